The third-order valence-corrected chi connectivity index (χ3v) is 7.56. The molecule has 4 atom stereocenters. The molecule has 0 amide bonds. The van der Waals surface area contributed by atoms with Crippen LogP contribution in [0.5, 0.6) is 0 Å². The van der Waals surface area contributed by atoms with Gasteiger partial charge < -0.3 is 23.7 Å². The summed E-state index contributed by atoms with van der Waals surface area (Å²) in [7, 11) is 0. The summed E-state index contributed by atoms with van der Waals surface area (Å²) >= 11 is 0. The molecule has 35 heavy (non-hydrogen) atoms. The summed E-state index contributed by atoms with van der Waals surface area (Å²) < 4.78 is 79.7. The van der Waals surface area contributed by atoms with Crippen LogP contribution in [0.1, 0.15) is 52.9 Å². The summed E-state index contributed by atoms with van der Waals surface area (Å²) in [6.07, 6.45) is -3.12. The average molecular weight is 510 g/mol. The second-order valence-electron chi connectivity index (χ2n) is 10.7. The van der Waals surface area contributed by atoms with Crippen LogP contribution in [0.25, 0.3) is 0 Å². The molecule has 0 aromatic heterocycles. The van der Waals surface area contributed by atoms with Crippen LogP contribution in [0, 0.1) is 23.7 Å². The van der Waals surface area contributed by atoms with Gasteiger partial charge in [0.15, 0.2) is 5.79 Å². The van der Waals surface area contributed by atoms with Crippen molar-refractivity contribution in [3.8, 4) is 0 Å². The molecule has 0 aromatic rings. The highest BCUT2D eigenvalue weighted by Crippen LogP contribution is 2.63. The molecule has 0 aromatic carbocycles. The number of ether oxygens (including phenoxy) is 5. The molecule has 198 valence electrons. The van der Waals surface area contributed by atoms with Crippen molar-refractivity contribution in [2.75, 3.05) is 19.8 Å². The largest absolute Gasteiger partial charge is 0.490 e. The Balaban J connectivity index is 1.50. The van der Waals surface area contributed by atoms with Crippen molar-refractivity contribution in [2.24, 2.45) is 23.7 Å². The van der Waals surface area contributed by atoms with Crippen molar-refractivity contribution >= 4 is 17.9 Å². The normalized spacial score (nSPS) is 38.3. The Bertz CT molecular complexity index is 851. The van der Waals surface area contributed by atoms with E-state index in [1.165, 1.54) is 6.92 Å². The Morgan fingerprint density at radius 2 is 1.57 bits per heavy atom. The van der Waals surface area contributed by atoms with Crippen molar-refractivity contribution in [2.45, 2.75) is 82.2 Å². The van der Waals surface area contributed by atoms with Crippen LogP contribution < -0.4 is 0 Å². The van der Waals surface area contributed by atoms with E-state index in [1.54, 1.807) is 0 Å². The molecule has 1 spiro atoms. The van der Waals surface area contributed by atoms with Gasteiger partial charge in [0, 0.05) is 24.7 Å². The predicted molar refractivity (Wildman–Crippen MR) is 108 cm³/mol. The number of rotatable bonds is 6. The summed E-state index contributed by atoms with van der Waals surface area (Å²) in [4.78, 5) is 34.9. The van der Waals surface area contributed by atoms with Crippen LogP contribution in [0.15, 0.2) is 0 Å². The van der Waals surface area contributed by atoms with Crippen LogP contribution >= 0.6 is 0 Å². The van der Waals surface area contributed by atoms with Gasteiger partial charge in [-0.3, -0.25) is 4.79 Å². The van der Waals surface area contributed by atoms with Crippen LogP contribution in [-0.2, 0) is 38.1 Å². The third kappa shape index (κ3) is 5.14. The van der Waals surface area contributed by atoms with E-state index in [2.05, 4.69) is 4.74 Å². The lowest BCUT2D eigenvalue weighted by molar-refractivity contribution is -0.402. The van der Waals surface area contributed by atoms with E-state index in [9.17, 15) is 31.9 Å². The first-order chi connectivity index (χ1) is 16.1. The van der Waals surface area contributed by atoms with Crippen molar-refractivity contribution < 1.29 is 55.6 Å². The zero-order valence-corrected chi connectivity index (χ0v) is 19.8. The van der Waals surface area contributed by atoms with Crippen molar-refractivity contribution in [1.82, 2.24) is 0 Å². The molecular weight excluding hydrogens is 480 g/mol. The van der Waals surface area contributed by atoms with Crippen molar-refractivity contribution in [3.63, 3.8) is 0 Å². The number of alkyl halides is 4. The highest BCUT2D eigenvalue weighted by atomic mass is 19.4. The van der Waals surface area contributed by atoms with E-state index in [0.717, 1.165) is 26.7 Å². The van der Waals surface area contributed by atoms with Gasteiger partial charge in [0.05, 0.1) is 13.2 Å². The average Bonchev–Trinajstić information content (AvgIpc) is 2.72. The third-order valence-electron chi connectivity index (χ3n) is 7.56. The summed E-state index contributed by atoms with van der Waals surface area (Å²) in [6.45, 7) is 2.56. The fraction of sp³-hybridized carbons (Fsp3) is 0.870. The van der Waals surface area contributed by atoms with Crippen LogP contribution in [0.4, 0.5) is 17.6 Å². The van der Waals surface area contributed by atoms with E-state index < -0.39 is 59.8 Å². The lowest BCUT2D eigenvalue weighted by atomic mass is 9.51. The van der Waals surface area contributed by atoms with Crippen molar-refractivity contribution in [1.29, 1.82) is 0 Å². The smallest absolute Gasteiger partial charge is 0.463 e. The lowest BCUT2D eigenvalue weighted by Crippen LogP contribution is -2.69. The predicted octanol–water partition coefficient (Wildman–Crippen LogP) is 3.25. The number of halogens is 4. The van der Waals surface area contributed by atoms with Crippen LogP contribution in [0.2, 0.25) is 0 Å². The zero-order valence-electron chi connectivity index (χ0n) is 19.8. The van der Waals surface area contributed by atoms with Crippen LogP contribution in [-0.4, -0.2) is 67.1 Å². The number of hydrogen-bond acceptors (Lipinski definition) is 8. The number of hydrogen-bond donors (Lipinski definition) is 0. The van der Waals surface area contributed by atoms with Gasteiger partial charge >= 0.3 is 24.1 Å². The van der Waals surface area contributed by atoms with Gasteiger partial charge in [-0.25, -0.2) is 14.0 Å². The zero-order chi connectivity index (χ0) is 25.8. The Labute approximate surface area is 199 Å². The van der Waals surface area contributed by atoms with E-state index in [0.29, 0.717) is 19.3 Å². The molecule has 12 heteroatoms. The first kappa shape index (κ1) is 26.1. The molecule has 5 rings (SSSR count). The number of carbonyl (C=O) groups excluding carboxylic acids is 3. The first-order valence-corrected chi connectivity index (χ1v) is 11.7. The summed E-state index contributed by atoms with van der Waals surface area (Å²) in [5.41, 5.74) is -2.95. The van der Waals surface area contributed by atoms with Gasteiger partial charge in [0.1, 0.15) is 18.3 Å². The summed E-state index contributed by atoms with van der Waals surface area (Å²) in [5, 5.41) is 0. The second-order valence-corrected chi connectivity index (χ2v) is 10.7. The molecule has 4 bridgehead atoms. The number of carbonyl (C=O) groups is 3. The highest BCUT2D eigenvalue weighted by Gasteiger charge is 2.67. The topological polar surface area (TPSA) is 97.4 Å². The molecule has 1 heterocycles. The molecule has 5 fully saturated rings. The Morgan fingerprint density at radius 1 is 0.943 bits per heavy atom. The quantitative estimate of drug-likeness (QED) is 0.305. The van der Waals surface area contributed by atoms with E-state index in [1.807, 2.05) is 0 Å². The van der Waals surface area contributed by atoms with E-state index in [4.69, 9.17) is 18.9 Å². The Morgan fingerprint density at radius 3 is 2.11 bits per heavy atom. The molecule has 1 saturated heterocycles. The summed E-state index contributed by atoms with van der Waals surface area (Å²) in [6, 6.07) is 0. The standard InChI is InChI=1S/C23H30F4O8/c1-12(28)31-11-17-14(9-32-19(30)23(25,26)27)10-33-22(34-17)15-4-13-5-16(22)8-21(6-13,7-15)35-18(29)20(2,3)24/h13-17H,4-11H2,1-3H3. The van der Waals surface area contributed by atoms with Gasteiger partial charge in [0.25, 0.3) is 0 Å². The van der Waals surface area contributed by atoms with Crippen LogP contribution in [0.3, 0.4) is 0 Å². The SMILES string of the molecule is CC(=O)OCC1OC2(OCC1COC(=O)C(F)(F)F)C1CC3CC2CC(OC(=O)C(C)(C)F)(C3)C1. The maximum Gasteiger partial charge on any atom is 0.490 e. The maximum atomic E-state index is 14.2. The van der Waals surface area contributed by atoms with E-state index in [-0.39, 0.29) is 31.0 Å². The fourth-order valence-electron chi connectivity index (χ4n) is 6.23. The molecule has 4 unspecified atom stereocenters. The summed E-state index contributed by atoms with van der Waals surface area (Å²) in [5.74, 6) is -5.90. The van der Waals surface area contributed by atoms with E-state index >= 15 is 0 Å². The number of esters is 3. The minimum atomic E-state index is -5.13. The van der Waals surface area contributed by atoms with Gasteiger partial charge in [-0.15, -0.1) is 0 Å². The molecular formula is C23H30F4O8. The first-order valence-electron chi connectivity index (χ1n) is 11.7. The highest BCUT2D eigenvalue weighted by molar-refractivity contribution is 5.78. The van der Waals surface area contributed by atoms with Gasteiger partial charge in [-0.1, -0.05) is 0 Å². The maximum absolute atomic E-state index is 14.2. The second kappa shape index (κ2) is 8.86. The Kier molecular flexibility index (Phi) is 6.61. The molecule has 4 saturated carbocycles. The molecule has 0 radical (unpaired) electrons. The van der Waals surface area contributed by atoms with Gasteiger partial charge in [-0.05, 0) is 51.9 Å². The monoisotopic (exact) mass is 510 g/mol. The molecule has 1 aliphatic heterocycles. The van der Waals surface area contributed by atoms with Gasteiger partial charge in [0.2, 0.25) is 5.67 Å². The molecule has 0 N–H and O–H groups in total. The molecule has 4 aliphatic carbocycles. The lowest BCUT2D eigenvalue weighted by Gasteiger charge is -2.65. The molecule has 8 nitrogen and oxygen atoms in total. The minimum Gasteiger partial charge on any atom is -0.463 e. The Hall–Kier alpha value is -1.95. The fourth-order valence-corrected chi connectivity index (χ4v) is 6.23. The van der Waals surface area contributed by atoms with Crippen molar-refractivity contribution in [3.05, 3.63) is 0 Å². The molecule has 5 aliphatic rings. The minimum absolute atomic E-state index is 0.0704. The van der Waals surface area contributed by atoms with Gasteiger partial charge in [-0.2, -0.15) is 13.2 Å².